The molecule has 0 amide bonds. The van der Waals surface area contributed by atoms with Crippen LogP contribution < -0.4 is 5.32 Å². The van der Waals surface area contributed by atoms with Gasteiger partial charge in [0.05, 0.1) is 6.04 Å². The molecule has 0 spiro atoms. The second-order valence-electron chi connectivity index (χ2n) is 4.73. The lowest BCUT2D eigenvalue weighted by Crippen LogP contribution is -2.30. The SMILES string of the molecule is C#CCC(CC)NC(C)c1cc2cc(Br)ccc2o1. The van der Waals surface area contributed by atoms with E-state index in [2.05, 4.69) is 53.1 Å². The lowest BCUT2D eigenvalue weighted by atomic mass is 10.1. The zero-order valence-corrected chi connectivity index (χ0v) is 12.8. The molecule has 0 aliphatic rings. The van der Waals surface area contributed by atoms with Crippen molar-refractivity contribution in [3.8, 4) is 12.3 Å². The number of hydrogen-bond donors (Lipinski definition) is 1. The highest BCUT2D eigenvalue weighted by Gasteiger charge is 2.15. The van der Waals surface area contributed by atoms with E-state index in [-0.39, 0.29) is 6.04 Å². The molecule has 3 heteroatoms. The number of halogens is 1. The average molecular weight is 320 g/mol. The normalized spacial score (nSPS) is 14.2. The summed E-state index contributed by atoms with van der Waals surface area (Å²) in [5.41, 5.74) is 0.914. The highest BCUT2D eigenvalue weighted by atomic mass is 79.9. The van der Waals surface area contributed by atoms with Crippen molar-refractivity contribution in [2.24, 2.45) is 0 Å². The molecule has 0 radical (unpaired) electrons. The Labute approximate surface area is 122 Å². The average Bonchev–Trinajstić information content (AvgIpc) is 2.81. The van der Waals surface area contributed by atoms with Crippen LogP contribution >= 0.6 is 15.9 Å². The highest BCUT2D eigenvalue weighted by molar-refractivity contribution is 9.10. The lowest BCUT2D eigenvalue weighted by molar-refractivity contribution is 0.395. The third-order valence-corrected chi connectivity index (χ3v) is 3.76. The van der Waals surface area contributed by atoms with Crippen molar-refractivity contribution in [2.45, 2.75) is 38.8 Å². The van der Waals surface area contributed by atoms with E-state index < -0.39 is 0 Å². The van der Waals surface area contributed by atoms with E-state index in [4.69, 9.17) is 10.8 Å². The van der Waals surface area contributed by atoms with Gasteiger partial charge in [0, 0.05) is 22.3 Å². The Hall–Kier alpha value is -1.24. The van der Waals surface area contributed by atoms with E-state index in [9.17, 15) is 0 Å². The summed E-state index contributed by atoms with van der Waals surface area (Å²) in [5, 5.41) is 4.63. The van der Waals surface area contributed by atoms with Gasteiger partial charge in [0.15, 0.2) is 0 Å². The third-order valence-electron chi connectivity index (χ3n) is 3.27. The van der Waals surface area contributed by atoms with Gasteiger partial charge in [-0.1, -0.05) is 22.9 Å². The number of furan rings is 1. The zero-order chi connectivity index (χ0) is 13.8. The largest absolute Gasteiger partial charge is 0.459 e. The second kappa shape index (κ2) is 6.27. The molecule has 2 aromatic rings. The third kappa shape index (κ3) is 3.40. The van der Waals surface area contributed by atoms with Crippen LogP contribution in [0.2, 0.25) is 0 Å². The highest BCUT2D eigenvalue weighted by Crippen LogP contribution is 2.26. The molecule has 0 fully saturated rings. The summed E-state index contributed by atoms with van der Waals surface area (Å²) in [6.45, 7) is 4.24. The van der Waals surface area contributed by atoms with Gasteiger partial charge in [-0.25, -0.2) is 0 Å². The van der Waals surface area contributed by atoms with Gasteiger partial charge >= 0.3 is 0 Å². The van der Waals surface area contributed by atoms with Crippen LogP contribution in [0.3, 0.4) is 0 Å². The number of rotatable bonds is 5. The molecule has 0 saturated carbocycles. The topological polar surface area (TPSA) is 25.2 Å². The molecule has 2 nitrogen and oxygen atoms in total. The first-order chi connectivity index (χ1) is 9.13. The molecule has 2 atom stereocenters. The minimum Gasteiger partial charge on any atom is -0.459 e. The van der Waals surface area contributed by atoms with Crippen LogP contribution in [0.25, 0.3) is 11.0 Å². The van der Waals surface area contributed by atoms with E-state index in [1.54, 1.807) is 0 Å². The number of nitrogens with one attached hydrogen (secondary N) is 1. The van der Waals surface area contributed by atoms with Crippen molar-refractivity contribution in [1.29, 1.82) is 0 Å². The Kier molecular flexibility index (Phi) is 4.68. The molecule has 0 aliphatic heterocycles. The van der Waals surface area contributed by atoms with Gasteiger partial charge in [0.25, 0.3) is 0 Å². The van der Waals surface area contributed by atoms with Crippen molar-refractivity contribution in [2.75, 3.05) is 0 Å². The van der Waals surface area contributed by atoms with Gasteiger partial charge in [0.2, 0.25) is 0 Å². The van der Waals surface area contributed by atoms with Crippen LogP contribution in [0, 0.1) is 12.3 Å². The Morgan fingerprint density at radius 2 is 2.21 bits per heavy atom. The zero-order valence-electron chi connectivity index (χ0n) is 11.2. The van der Waals surface area contributed by atoms with Crippen LogP contribution in [0.15, 0.2) is 33.2 Å². The summed E-state index contributed by atoms with van der Waals surface area (Å²) < 4.78 is 6.94. The number of benzene rings is 1. The molecular formula is C16H18BrNO. The summed E-state index contributed by atoms with van der Waals surface area (Å²) in [5.74, 6) is 3.66. The molecule has 0 bridgehead atoms. The monoisotopic (exact) mass is 319 g/mol. The van der Waals surface area contributed by atoms with Crippen LogP contribution in [-0.4, -0.2) is 6.04 Å². The van der Waals surface area contributed by atoms with E-state index in [1.165, 1.54) is 0 Å². The van der Waals surface area contributed by atoms with E-state index in [1.807, 2.05) is 12.1 Å². The fraction of sp³-hybridized carbons (Fsp3) is 0.375. The minimum atomic E-state index is 0.157. The van der Waals surface area contributed by atoms with Crippen molar-refractivity contribution in [3.63, 3.8) is 0 Å². The maximum absolute atomic E-state index is 5.87. The molecule has 1 N–H and O–H groups in total. The maximum atomic E-state index is 5.87. The van der Waals surface area contributed by atoms with Crippen molar-refractivity contribution in [3.05, 3.63) is 34.5 Å². The molecule has 1 heterocycles. The van der Waals surface area contributed by atoms with Gasteiger partial charge in [0.1, 0.15) is 11.3 Å². The second-order valence-corrected chi connectivity index (χ2v) is 5.65. The Morgan fingerprint density at radius 1 is 1.42 bits per heavy atom. The van der Waals surface area contributed by atoms with Gasteiger partial charge in [-0.2, -0.15) is 0 Å². The quantitative estimate of drug-likeness (QED) is 0.811. The first-order valence-electron chi connectivity index (χ1n) is 6.52. The van der Waals surface area contributed by atoms with Gasteiger partial charge in [-0.3, -0.25) is 0 Å². The molecule has 1 aromatic heterocycles. The van der Waals surface area contributed by atoms with Crippen LogP contribution in [0.4, 0.5) is 0 Å². The lowest BCUT2D eigenvalue weighted by Gasteiger charge is -2.18. The predicted octanol–water partition coefficient (Wildman–Crippen LogP) is 4.65. The summed E-state index contributed by atoms with van der Waals surface area (Å²) in [6, 6.07) is 8.60. The minimum absolute atomic E-state index is 0.157. The number of terminal acetylenes is 1. The van der Waals surface area contributed by atoms with Gasteiger partial charge < -0.3 is 9.73 Å². The van der Waals surface area contributed by atoms with Gasteiger partial charge in [-0.15, -0.1) is 12.3 Å². The van der Waals surface area contributed by atoms with Crippen LogP contribution in [-0.2, 0) is 0 Å². The fourth-order valence-corrected chi connectivity index (χ4v) is 2.53. The first kappa shape index (κ1) is 14.2. The van der Waals surface area contributed by atoms with Crippen molar-refractivity contribution < 1.29 is 4.42 Å². The standard InChI is InChI=1S/C16H18BrNO/c1-4-6-14(5-2)18-11(3)16-10-12-9-13(17)7-8-15(12)19-16/h1,7-11,14,18H,5-6H2,2-3H3. The Bertz CT molecular complexity index is 596. The van der Waals surface area contributed by atoms with Gasteiger partial charge in [-0.05, 0) is 37.6 Å². The first-order valence-corrected chi connectivity index (χ1v) is 7.31. The van der Waals surface area contributed by atoms with E-state index >= 15 is 0 Å². The van der Waals surface area contributed by atoms with Crippen molar-refractivity contribution in [1.82, 2.24) is 5.32 Å². The molecule has 2 rings (SSSR count). The molecule has 19 heavy (non-hydrogen) atoms. The Balaban J connectivity index is 2.17. The van der Waals surface area contributed by atoms with Crippen LogP contribution in [0.1, 0.15) is 38.5 Å². The number of fused-ring (bicyclic) bond motifs is 1. The summed E-state index contributed by atoms with van der Waals surface area (Å²) in [4.78, 5) is 0. The van der Waals surface area contributed by atoms with E-state index in [0.717, 1.165) is 34.0 Å². The molecule has 0 saturated heterocycles. The Morgan fingerprint density at radius 3 is 2.89 bits per heavy atom. The molecule has 100 valence electrons. The molecule has 2 unspecified atom stereocenters. The maximum Gasteiger partial charge on any atom is 0.134 e. The van der Waals surface area contributed by atoms with Crippen LogP contribution in [0.5, 0.6) is 0 Å². The predicted molar refractivity (Wildman–Crippen MR) is 83.0 cm³/mol. The number of hydrogen-bond acceptors (Lipinski definition) is 2. The summed E-state index contributed by atoms with van der Waals surface area (Å²) in [6.07, 6.45) is 7.14. The van der Waals surface area contributed by atoms with E-state index in [0.29, 0.717) is 6.04 Å². The summed E-state index contributed by atoms with van der Waals surface area (Å²) >= 11 is 3.47. The molecule has 1 aromatic carbocycles. The smallest absolute Gasteiger partial charge is 0.134 e. The fourth-order valence-electron chi connectivity index (χ4n) is 2.15. The molecule has 0 aliphatic carbocycles. The summed E-state index contributed by atoms with van der Waals surface area (Å²) in [7, 11) is 0. The molecular weight excluding hydrogens is 302 g/mol. The van der Waals surface area contributed by atoms with Crippen molar-refractivity contribution >= 4 is 26.9 Å².